The first-order valence-electron chi connectivity index (χ1n) is 7.11. The Morgan fingerprint density at radius 1 is 1.05 bits per heavy atom. The molecule has 0 spiro atoms. The zero-order valence-corrected chi connectivity index (χ0v) is 12.1. The molecule has 0 aromatic carbocycles. The second kappa shape index (κ2) is 5.79. The largest absolute Gasteiger partial charge is 0.481 e. The summed E-state index contributed by atoms with van der Waals surface area (Å²) in [5, 5.41) is 9.19. The monoisotopic (exact) mass is 289 g/mol. The van der Waals surface area contributed by atoms with Crippen LogP contribution in [0, 0.1) is 0 Å². The number of carboxylic acids is 1. The predicted molar refractivity (Wildman–Crippen MR) is 72.9 cm³/mol. The lowest BCUT2D eigenvalue weighted by molar-refractivity contribution is -0.140. The van der Waals surface area contributed by atoms with E-state index in [9.17, 15) is 18.3 Å². The molecule has 0 aliphatic carbocycles. The Balaban J connectivity index is 2.16. The molecule has 0 saturated carbocycles. The van der Waals surface area contributed by atoms with E-state index in [4.69, 9.17) is 0 Å². The maximum Gasteiger partial charge on any atom is 0.305 e. The van der Waals surface area contributed by atoms with Crippen molar-refractivity contribution >= 4 is 15.8 Å². The standard InChI is InChI=1S/C13H23NO4S/c15-12(16)11-13(5-9-19(17,18)10-6-13)14-7-3-1-2-4-8-14/h1-11H2,(H,15,16). The van der Waals surface area contributed by atoms with Crippen LogP contribution in [0.1, 0.15) is 44.9 Å². The molecule has 2 saturated heterocycles. The number of hydrogen-bond acceptors (Lipinski definition) is 4. The Kier molecular flexibility index (Phi) is 4.50. The summed E-state index contributed by atoms with van der Waals surface area (Å²) in [6, 6.07) is 0. The summed E-state index contributed by atoms with van der Waals surface area (Å²) < 4.78 is 23.2. The number of aliphatic carboxylic acids is 1. The Morgan fingerprint density at radius 3 is 2.05 bits per heavy atom. The van der Waals surface area contributed by atoms with E-state index in [0.29, 0.717) is 12.8 Å². The molecule has 0 atom stereocenters. The number of carbonyl (C=O) groups is 1. The summed E-state index contributed by atoms with van der Waals surface area (Å²) >= 11 is 0. The summed E-state index contributed by atoms with van der Waals surface area (Å²) in [6.07, 6.45) is 5.59. The molecule has 0 amide bonds. The van der Waals surface area contributed by atoms with Gasteiger partial charge in [-0.05, 0) is 38.8 Å². The molecule has 6 heteroatoms. The number of hydrogen-bond donors (Lipinski definition) is 1. The number of likely N-dealkylation sites (tertiary alicyclic amines) is 1. The lowest BCUT2D eigenvalue weighted by Crippen LogP contribution is -2.54. The zero-order chi connectivity index (χ0) is 13.9. The molecule has 5 nitrogen and oxygen atoms in total. The van der Waals surface area contributed by atoms with Crippen LogP contribution in [-0.4, -0.2) is 54.5 Å². The Hall–Kier alpha value is -0.620. The Morgan fingerprint density at radius 2 is 1.58 bits per heavy atom. The van der Waals surface area contributed by atoms with Gasteiger partial charge in [-0.1, -0.05) is 12.8 Å². The molecule has 2 aliphatic rings. The smallest absolute Gasteiger partial charge is 0.305 e. The SMILES string of the molecule is O=C(O)CC1(N2CCCCCC2)CCS(=O)(=O)CC1. The summed E-state index contributed by atoms with van der Waals surface area (Å²) in [4.78, 5) is 13.5. The third kappa shape index (κ3) is 3.69. The molecule has 2 heterocycles. The summed E-state index contributed by atoms with van der Waals surface area (Å²) in [7, 11) is -2.96. The third-order valence-corrected chi connectivity index (χ3v) is 6.17. The molecule has 0 radical (unpaired) electrons. The Bertz CT molecular complexity index is 410. The normalized spacial score (nSPS) is 27.6. The van der Waals surface area contributed by atoms with Crippen molar-refractivity contribution in [3.8, 4) is 0 Å². The van der Waals surface area contributed by atoms with E-state index in [1.54, 1.807) is 0 Å². The van der Waals surface area contributed by atoms with Crippen LogP contribution in [0.4, 0.5) is 0 Å². The minimum absolute atomic E-state index is 0.0719. The van der Waals surface area contributed by atoms with Crippen molar-refractivity contribution < 1.29 is 18.3 Å². The van der Waals surface area contributed by atoms with Crippen molar-refractivity contribution in [1.29, 1.82) is 0 Å². The van der Waals surface area contributed by atoms with Crippen molar-refractivity contribution in [3.05, 3.63) is 0 Å². The van der Waals surface area contributed by atoms with E-state index >= 15 is 0 Å². The molecule has 0 aromatic heterocycles. The van der Waals surface area contributed by atoms with Crippen molar-refractivity contribution in [2.75, 3.05) is 24.6 Å². The van der Waals surface area contributed by atoms with Crippen molar-refractivity contribution in [2.24, 2.45) is 0 Å². The van der Waals surface area contributed by atoms with E-state index < -0.39 is 21.3 Å². The number of sulfone groups is 1. The molecule has 2 rings (SSSR count). The molecule has 110 valence electrons. The van der Waals surface area contributed by atoms with Gasteiger partial charge in [-0.15, -0.1) is 0 Å². The second-order valence-electron chi connectivity index (χ2n) is 5.85. The van der Waals surface area contributed by atoms with Gasteiger partial charge in [0.05, 0.1) is 17.9 Å². The fourth-order valence-electron chi connectivity index (χ4n) is 3.35. The number of rotatable bonds is 3. The van der Waals surface area contributed by atoms with E-state index in [0.717, 1.165) is 25.9 Å². The topological polar surface area (TPSA) is 74.7 Å². The van der Waals surface area contributed by atoms with E-state index in [1.807, 2.05) is 0 Å². The molecule has 2 fully saturated rings. The molecule has 2 aliphatic heterocycles. The van der Waals surface area contributed by atoms with Gasteiger partial charge < -0.3 is 5.11 Å². The first kappa shape index (κ1) is 14.8. The molecular formula is C13H23NO4S. The fourth-order valence-corrected chi connectivity index (χ4v) is 4.94. The maximum absolute atomic E-state index is 11.6. The maximum atomic E-state index is 11.6. The van der Waals surface area contributed by atoms with Gasteiger partial charge in [0.25, 0.3) is 0 Å². The molecule has 19 heavy (non-hydrogen) atoms. The summed E-state index contributed by atoms with van der Waals surface area (Å²) in [5.74, 6) is -0.545. The minimum atomic E-state index is -2.96. The third-order valence-electron chi connectivity index (χ3n) is 4.51. The van der Waals surface area contributed by atoms with Crippen molar-refractivity contribution in [1.82, 2.24) is 4.90 Å². The molecule has 0 aromatic rings. The van der Waals surface area contributed by atoms with Gasteiger partial charge >= 0.3 is 5.97 Å². The van der Waals surface area contributed by atoms with E-state index in [1.165, 1.54) is 12.8 Å². The van der Waals surface area contributed by atoms with Crippen molar-refractivity contribution in [2.45, 2.75) is 50.5 Å². The van der Waals surface area contributed by atoms with Crippen LogP contribution in [0.2, 0.25) is 0 Å². The predicted octanol–water partition coefficient (Wildman–Crippen LogP) is 1.28. The average Bonchev–Trinajstić information content (AvgIpc) is 2.61. The van der Waals surface area contributed by atoms with Crippen molar-refractivity contribution in [3.63, 3.8) is 0 Å². The zero-order valence-electron chi connectivity index (χ0n) is 11.3. The lowest BCUT2D eigenvalue weighted by Gasteiger charge is -2.45. The van der Waals surface area contributed by atoms with Gasteiger partial charge in [-0.25, -0.2) is 8.42 Å². The van der Waals surface area contributed by atoms with Gasteiger partial charge in [-0.3, -0.25) is 9.69 Å². The van der Waals surface area contributed by atoms with Crippen LogP contribution >= 0.6 is 0 Å². The quantitative estimate of drug-likeness (QED) is 0.847. The van der Waals surface area contributed by atoms with Gasteiger partial charge in [0.15, 0.2) is 0 Å². The van der Waals surface area contributed by atoms with E-state index in [-0.39, 0.29) is 17.9 Å². The van der Waals surface area contributed by atoms with Gasteiger partial charge in [-0.2, -0.15) is 0 Å². The molecular weight excluding hydrogens is 266 g/mol. The van der Waals surface area contributed by atoms with E-state index in [2.05, 4.69) is 4.90 Å². The van der Waals surface area contributed by atoms with Gasteiger partial charge in [0.2, 0.25) is 0 Å². The first-order valence-corrected chi connectivity index (χ1v) is 8.93. The van der Waals surface area contributed by atoms with Crippen LogP contribution in [0.15, 0.2) is 0 Å². The molecule has 1 N–H and O–H groups in total. The fraction of sp³-hybridized carbons (Fsp3) is 0.923. The summed E-state index contributed by atoms with van der Waals surface area (Å²) in [6.45, 7) is 1.82. The number of nitrogens with zero attached hydrogens (tertiary/aromatic N) is 1. The molecule has 0 unspecified atom stereocenters. The lowest BCUT2D eigenvalue weighted by atomic mass is 9.86. The number of carboxylic acid groups (broad SMARTS) is 1. The molecule has 0 bridgehead atoms. The van der Waals surface area contributed by atoms with Crippen LogP contribution in [-0.2, 0) is 14.6 Å². The van der Waals surface area contributed by atoms with Gasteiger partial charge in [0.1, 0.15) is 9.84 Å². The highest BCUT2D eigenvalue weighted by atomic mass is 32.2. The van der Waals surface area contributed by atoms with Crippen LogP contribution in [0.5, 0.6) is 0 Å². The highest BCUT2D eigenvalue weighted by Gasteiger charge is 2.43. The highest BCUT2D eigenvalue weighted by molar-refractivity contribution is 7.91. The van der Waals surface area contributed by atoms with Crippen LogP contribution in [0.3, 0.4) is 0 Å². The highest BCUT2D eigenvalue weighted by Crippen LogP contribution is 2.35. The Labute approximate surface area is 114 Å². The average molecular weight is 289 g/mol. The van der Waals surface area contributed by atoms with Crippen LogP contribution in [0.25, 0.3) is 0 Å². The minimum Gasteiger partial charge on any atom is -0.481 e. The summed E-state index contributed by atoms with van der Waals surface area (Å²) in [5.41, 5.74) is -0.429. The van der Waals surface area contributed by atoms with Crippen LogP contribution < -0.4 is 0 Å². The van der Waals surface area contributed by atoms with Gasteiger partial charge in [0, 0.05) is 5.54 Å². The second-order valence-corrected chi connectivity index (χ2v) is 8.15. The first-order chi connectivity index (χ1) is 8.94.